The number of hydrogen-bond donors (Lipinski definition) is 0. The highest BCUT2D eigenvalue weighted by Gasteiger charge is 2.02. The number of pyridine rings is 1. The molecule has 3 heteroatoms. The Morgan fingerprint density at radius 2 is 2.38 bits per heavy atom. The van der Waals surface area contributed by atoms with Crippen molar-refractivity contribution in [1.29, 1.82) is 0 Å². The molecular weight excluding hydrogens is 228 g/mol. The Hall–Kier alpha value is -0.410. The summed E-state index contributed by atoms with van der Waals surface area (Å²) >= 11 is 3.53. The van der Waals surface area contributed by atoms with Crippen molar-refractivity contribution in [2.75, 3.05) is 13.6 Å². The maximum Gasteiger partial charge on any atom is 0.0312 e. The molecule has 1 aromatic heterocycles. The summed E-state index contributed by atoms with van der Waals surface area (Å²) in [6, 6.07) is 4.07. The minimum Gasteiger partial charge on any atom is -0.301 e. The molecule has 0 aromatic carbocycles. The lowest BCUT2D eigenvalue weighted by Crippen LogP contribution is -2.23. The van der Waals surface area contributed by atoms with E-state index in [0.717, 1.165) is 13.1 Å². The predicted octanol–water partition coefficient (Wildman–Crippen LogP) is 2.30. The van der Waals surface area contributed by atoms with Crippen molar-refractivity contribution in [2.24, 2.45) is 0 Å². The zero-order chi connectivity index (χ0) is 9.68. The summed E-state index contributed by atoms with van der Waals surface area (Å²) in [7, 11) is 2.12. The molecule has 0 amide bonds. The lowest BCUT2D eigenvalue weighted by atomic mass is 10.2. The van der Waals surface area contributed by atoms with Crippen molar-refractivity contribution in [3.8, 4) is 0 Å². The van der Waals surface area contributed by atoms with Gasteiger partial charge < -0.3 is 4.90 Å². The lowest BCUT2D eigenvalue weighted by Gasteiger charge is -2.17. The van der Waals surface area contributed by atoms with Gasteiger partial charge in [-0.3, -0.25) is 4.98 Å². The Morgan fingerprint density at radius 3 is 2.92 bits per heavy atom. The Bertz CT molecular complexity index is 236. The minimum atomic E-state index is 0.536. The summed E-state index contributed by atoms with van der Waals surface area (Å²) in [5, 5.41) is 0. The Balaban J connectivity index is 2.41. The molecule has 0 spiro atoms. The van der Waals surface area contributed by atoms with Gasteiger partial charge in [-0.25, -0.2) is 0 Å². The highest BCUT2D eigenvalue weighted by Crippen LogP contribution is 2.04. The number of alkyl halides is 1. The quantitative estimate of drug-likeness (QED) is 0.754. The van der Waals surface area contributed by atoms with Gasteiger partial charge >= 0.3 is 0 Å². The zero-order valence-electron chi connectivity index (χ0n) is 8.07. The van der Waals surface area contributed by atoms with Crippen molar-refractivity contribution in [3.63, 3.8) is 0 Å². The highest BCUT2D eigenvalue weighted by atomic mass is 79.9. The fourth-order valence-corrected chi connectivity index (χ4v) is 1.79. The van der Waals surface area contributed by atoms with Crippen molar-refractivity contribution < 1.29 is 0 Å². The van der Waals surface area contributed by atoms with Crippen LogP contribution in [0.15, 0.2) is 24.5 Å². The first-order valence-corrected chi connectivity index (χ1v) is 5.31. The van der Waals surface area contributed by atoms with Crippen LogP contribution in [0.25, 0.3) is 0 Å². The third-order valence-electron chi connectivity index (χ3n) is 1.74. The molecule has 0 aliphatic heterocycles. The van der Waals surface area contributed by atoms with Crippen molar-refractivity contribution in [3.05, 3.63) is 30.1 Å². The Morgan fingerprint density at radius 1 is 1.62 bits per heavy atom. The van der Waals surface area contributed by atoms with Gasteiger partial charge in [0.25, 0.3) is 0 Å². The smallest absolute Gasteiger partial charge is 0.0312 e. The molecule has 0 N–H and O–H groups in total. The summed E-state index contributed by atoms with van der Waals surface area (Å²) in [5.41, 5.74) is 1.26. The third kappa shape index (κ3) is 4.39. The van der Waals surface area contributed by atoms with E-state index in [1.165, 1.54) is 5.56 Å². The molecule has 1 heterocycles. The summed E-state index contributed by atoms with van der Waals surface area (Å²) in [6.07, 6.45) is 3.71. The van der Waals surface area contributed by atoms with E-state index in [9.17, 15) is 0 Å². The van der Waals surface area contributed by atoms with E-state index in [1.54, 1.807) is 6.20 Å². The summed E-state index contributed by atoms with van der Waals surface area (Å²) in [6.45, 7) is 4.17. The van der Waals surface area contributed by atoms with E-state index < -0.39 is 0 Å². The fraction of sp³-hybridized carbons (Fsp3) is 0.500. The first kappa shape index (κ1) is 10.7. The van der Waals surface area contributed by atoms with Gasteiger partial charge in [0.1, 0.15) is 0 Å². The average Bonchev–Trinajstić information content (AvgIpc) is 2.04. The van der Waals surface area contributed by atoms with Gasteiger partial charge in [-0.1, -0.05) is 28.9 Å². The van der Waals surface area contributed by atoms with Gasteiger partial charge in [0.15, 0.2) is 0 Å². The molecule has 1 aromatic rings. The number of rotatable bonds is 4. The molecule has 0 aliphatic rings. The van der Waals surface area contributed by atoms with Crippen molar-refractivity contribution in [1.82, 2.24) is 9.88 Å². The topological polar surface area (TPSA) is 16.1 Å². The van der Waals surface area contributed by atoms with Crippen molar-refractivity contribution in [2.45, 2.75) is 18.3 Å². The Kier molecular flexibility index (Phi) is 4.39. The van der Waals surface area contributed by atoms with E-state index in [4.69, 9.17) is 0 Å². The van der Waals surface area contributed by atoms with E-state index in [2.05, 4.69) is 45.9 Å². The molecule has 0 saturated carbocycles. The zero-order valence-corrected chi connectivity index (χ0v) is 9.66. The van der Waals surface area contributed by atoms with Crippen molar-refractivity contribution >= 4 is 15.9 Å². The normalized spacial score (nSPS) is 13.2. The molecular formula is C10H15BrN2. The summed E-state index contributed by atoms with van der Waals surface area (Å²) < 4.78 is 0. The van der Waals surface area contributed by atoms with E-state index in [-0.39, 0.29) is 0 Å². The van der Waals surface area contributed by atoms with Crippen LogP contribution in [-0.2, 0) is 6.54 Å². The van der Waals surface area contributed by atoms with Crippen LogP contribution in [0.1, 0.15) is 12.5 Å². The second-order valence-electron chi connectivity index (χ2n) is 3.34. The molecule has 1 rings (SSSR count). The maximum atomic E-state index is 4.08. The lowest BCUT2D eigenvalue weighted by molar-refractivity contribution is 0.332. The molecule has 0 fully saturated rings. The van der Waals surface area contributed by atoms with Crippen LogP contribution < -0.4 is 0 Å². The second kappa shape index (κ2) is 5.35. The van der Waals surface area contributed by atoms with Gasteiger partial charge in [0.05, 0.1) is 0 Å². The maximum absolute atomic E-state index is 4.08. The van der Waals surface area contributed by atoms with E-state index in [0.29, 0.717) is 4.83 Å². The number of hydrogen-bond acceptors (Lipinski definition) is 2. The molecule has 13 heavy (non-hydrogen) atoms. The van der Waals surface area contributed by atoms with Crippen LogP contribution in [0.5, 0.6) is 0 Å². The van der Waals surface area contributed by atoms with Crippen LogP contribution in [0.2, 0.25) is 0 Å². The predicted molar refractivity (Wildman–Crippen MR) is 59.0 cm³/mol. The molecule has 0 radical (unpaired) electrons. The summed E-state index contributed by atoms with van der Waals surface area (Å²) in [5.74, 6) is 0. The molecule has 1 unspecified atom stereocenters. The highest BCUT2D eigenvalue weighted by molar-refractivity contribution is 9.09. The van der Waals surface area contributed by atoms with Gasteiger partial charge in [-0.2, -0.15) is 0 Å². The molecule has 0 bridgehead atoms. The van der Waals surface area contributed by atoms with Crippen LogP contribution in [0, 0.1) is 0 Å². The first-order valence-electron chi connectivity index (χ1n) is 4.40. The van der Waals surface area contributed by atoms with Crippen LogP contribution in [0.3, 0.4) is 0 Å². The van der Waals surface area contributed by atoms with Crippen LogP contribution >= 0.6 is 15.9 Å². The second-order valence-corrected chi connectivity index (χ2v) is 4.90. The molecule has 0 saturated heterocycles. The van der Waals surface area contributed by atoms with Crippen LogP contribution in [0.4, 0.5) is 0 Å². The number of aromatic nitrogens is 1. The largest absolute Gasteiger partial charge is 0.301 e. The monoisotopic (exact) mass is 242 g/mol. The summed E-state index contributed by atoms with van der Waals surface area (Å²) in [4.78, 5) is 6.89. The standard InChI is InChI=1S/C10H15BrN2/c1-9(11)7-13(2)8-10-4-3-5-12-6-10/h3-6,9H,7-8H2,1-2H3. The van der Waals surface area contributed by atoms with Gasteiger partial charge in [-0.15, -0.1) is 0 Å². The van der Waals surface area contributed by atoms with Crippen LogP contribution in [-0.4, -0.2) is 28.3 Å². The molecule has 2 nitrogen and oxygen atoms in total. The van der Waals surface area contributed by atoms with E-state index in [1.807, 2.05) is 12.3 Å². The van der Waals surface area contributed by atoms with Gasteiger partial charge in [0.2, 0.25) is 0 Å². The molecule has 1 atom stereocenters. The molecule has 72 valence electrons. The van der Waals surface area contributed by atoms with Gasteiger partial charge in [-0.05, 0) is 18.7 Å². The first-order chi connectivity index (χ1) is 6.18. The number of nitrogens with zero attached hydrogens (tertiary/aromatic N) is 2. The van der Waals surface area contributed by atoms with Gasteiger partial charge in [0, 0.05) is 30.3 Å². The SMILES string of the molecule is CC(Br)CN(C)Cc1cccnc1. The Labute approximate surface area is 88.1 Å². The third-order valence-corrected chi connectivity index (χ3v) is 2.03. The number of halogens is 1. The fourth-order valence-electron chi connectivity index (χ4n) is 1.30. The molecule has 0 aliphatic carbocycles. The van der Waals surface area contributed by atoms with E-state index >= 15 is 0 Å². The average molecular weight is 243 g/mol. The minimum absolute atomic E-state index is 0.536.